The molecule has 2 heterocycles. The first kappa shape index (κ1) is 18.4. The first-order valence-corrected chi connectivity index (χ1v) is 9.59. The highest BCUT2D eigenvalue weighted by molar-refractivity contribution is 5.77. The number of carbonyl (C=O) groups excluding carboxylic acids is 1. The van der Waals surface area contributed by atoms with Crippen molar-refractivity contribution in [2.24, 2.45) is 0 Å². The average molecular weight is 354 g/mol. The van der Waals surface area contributed by atoms with Crippen molar-refractivity contribution in [2.75, 3.05) is 37.6 Å². The van der Waals surface area contributed by atoms with Crippen molar-refractivity contribution < 1.29 is 14.7 Å². The fraction of sp³-hybridized carbons (Fsp3) is 0.429. The molecule has 0 aliphatic carbocycles. The van der Waals surface area contributed by atoms with Crippen molar-refractivity contribution in [2.45, 2.75) is 26.3 Å². The third-order valence-electron chi connectivity index (χ3n) is 5.18. The van der Waals surface area contributed by atoms with Crippen LogP contribution in [-0.2, 0) is 11.2 Å². The second-order valence-electron chi connectivity index (χ2n) is 7.05. The van der Waals surface area contributed by atoms with Gasteiger partial charge in [-0.2, -0.15) is 0 Å². The molecule has 1 atom stereocenters. The number of piperazine rings is 1. The molecule has 3 rings (SSSR count). The molecule has 1 fully saturated rings. The van der Waals surface area contributed by atoms with Crippen LogP contribution < -0.4 is 20.1 Å². The molecule has 1 aromatic carbocycles. The monoisotopic (exact) mass is 354 g/mol. The highest BCUT2D eigenvalue weighted by Crippen LogP contribution is 2.13. The third kappa shape index (κ3) is 4.82. The van der Waals surface area contributed by atoms with Crippen LogP contribution in [0, 0.1) is 0 Å². The summed E-state index contributed by atoms with van der Waals surface area (Å²) in [6, 6.07) is 14.7. The number of rotatable bonds is 6. The standard InChI is InChI=1S/C21H28N4O/c1-3-18-7-9-19(10-8-18)17(2)23-21(26)16-24-12-14-25(15-13-24)20-6-4-5-11-22-20/h4-11,17H,3,12-16H2,1-2H3,(H,23,26)/p+2/t17-/m0/s1. The molecule has 1 saturated heterocycles. The maximum atomic E-state index is 12.4. The second-order valence-corrected chi connectivity index (χ2v) is 7.05. The summed E-state index contributed by atoms with van der Waals surface area (Å²) in [6.07, 6.45) is 2.99. The smallest absolute Gasteiger partial charge is 0.275 e. The fourth-order valence-electron chi connectivity index (χ4n) is 3.47. The molecule has 1 aromatic heterocycles. The summed E-state index contributed by atoms with van der Waals surface area (Å²) in [6.45, 7) is 8.65. The van der Waals surface area contributed by atoms with Crippen molar-refractivity contribution in [3.63, 3.8) is 0 Å². The third-order valence-corrected chi connectivity index (χ3v) is 5.18. The van der Waals surface area contributed by atoms with E-state index in [2.05, 4.69) is 59.4 Å². The van der Waals surface area contributed by atoms with Gasteiger partial charge in [-0.25, -0.2) is 4.98 Å². The van der Waals surface area contributed by atoms with Crippen molar-refractivity contribution in [1.82, 2.24) is 5.32 Å². The van der Waals surface area contributed by atoms with Gasteiger partial charge in [0.25, 0.3) is 11.7 Å². The minimum atomic E-state index is 0.0491. The van der Waals surface area contributed by atoms with Gasteiger partial charge in [0.15, 0.2) is 6.54 Å². The molecule has 3 N–H and O–H groups in total. The maximum absolute atomic E-state index is 12.4. The SMILES string of the molecule is CCc1ccc([C@H](C)NC(=O)C[NH+]2CCN(c3cccc[nH+]3)CC2)cc1. The molecular formula is C21H30N4O+2. The zero-order valence-corrected chi connectivity index (χ0v) is 15.8. The van der Waals surface area contributed by atoms with Gasteiger partial charge in [0, 0.05) is 6.07 Å². The Morgan fingerprint density at radius 3 is 2.54 bits per heavy atom. The Morgan fingerprint density at radius 2 is 1.92 bits per heavy atom. The summed E-state index contributed by atoms with van der Waals surface area (Å²) in [4.78, 5) is 19.4. The molecular weight excluding hydrogens is 324 g/mol. The Bertz CT molecular complexity index is 694. The highest BCUT2D eigenvalue weighted by Gasteiger charge is 2.27. The van der Waals surface area contributed by atoms with Crippen LogP contribution in [0.1, 0.15) is 31.0 Å². The van der Waals surface area contributed by atoms with Gasteiger partial charge in [0.1, 0.15) is 26.2 Å². The first-order chi connectivity index (χ1) is 12.7. The maximum Gasteiger partial charge on any atom is 0.275 e. The fourth-order valence-corrected chi connectivity index (χ4v) is 3.47. The molecule has 0 unspecified atom stereocenters. The van der Waals surface area contributed by atoms with Crippen LogP contribution in [-0.4, -0.2) is 38.6 Å². The summed E-state index contributed by atoms with van der Waals surface area (Å²) in [5.74, 6) is 1.28. The van der Waals surface area contributed by atoms with E-state index < -0.39 is 0 Å². The number of benzene rings is 1. The first-order valence-electron chi connectivity index (χ1n) is 9.59. The predicted octanol–water partition coefficient (Wildman–Crippen LogP) is 0.645. The van der Waals surface area contributed by atoms with E-state index in [1.807, 2.05) is 18.3 Å². The van der Waals surface area contributed by atoms with E-state index in [1.54, 1.807) is 0 Å². The minimum absolute atomic E-state index is 0.0491. The van der Waals surface area contributed by atoms with Crippen molar-refractivity contribution in [3.05, 3.63) is 59.8 Å². The number of aryl methyl sites for hydroxylation is 1. The van der Waals surface area contributed by atoms with Gasteiger partial charge in [0.05, 0.1) is 12.2 Å². The molecule has 5 nitrogen and oxygen atoms in total. The van der Waals surface area contributed by atoms with E-state index >= 15 is 0 Å². The van der Waals surface area contributed by atoms with Crippen molar-refractivity contribution >= 4 is 11.7 Å². The lowest BCUT2D eigenvalue weighted by Gasteiger charge is -2.28. The van der Waals surface area contributed by atoms with E-state index in [0.29, 0.717) is 6.54 Å². The summed E-state index contributed by atoms with van der Waals surface area (Å²) < 4.78 is 0. The van der Waals surface area contributed by atoms with Crippen LogP contribution in [0.4, 0.5) is 5.82 Å². The molecule has 26 heavy (non-hydrogen) atoms. The van der Waals surface area contributed by atoms with Gasteiger partial charge in [-0.15, -0.1) is 0 Å². The molecule has 1 aliphatic heterocycles. The zero-order valence-electron chi connectivity index (χ0n) is 15.8. The summed E-state index contributed by atoms with van der Waals surface area (Å²) in [7, 11) is 0. The Hall–Kier alpha value is -2.40. The van der Waals surface area contributed by atoms with Gasteiger partial charge in [0.2, 0.25) is 0 Å². The molecule has 0 radical (unpaired) electrons. The van der Waals surface area contributed by atoms with Crippen LogP contribution >= 0.6 is 0 Å². The lowest BCUT2D eigenvalue weighted by Crippen LogP contribution is -3.16. The number of carbonyl (C=O) groups is 1. The van der Waals surface area contributed by atoms with Crippen LogP contribution in [0.5, 0.6) is 0 Å². The Morgan fingerprint density at radius 1 is 1.19 bits per heavy atom. The Labute approximate surface area is 156 Å². The molecule has 1 amide bonds. The molecule has 1 aliphatic rings. The van der Waals surface area contributed by atoms with E-state index in [-0.39, 0.29) is 11.9 Å². The molecule has 138 valence electrons. The van der Waals surface area contributed by atoms with E-state index in [9.17, 15) is 4.79 Å². The molecule has 0 bridgehead atoms. The number of hydrogen-bond donors (Lipinski definition) is 2. The quantitative estimate of drug-likeness (QED) is 0.800. The van der Waals surface area contributed by atoms with Crippen LogP contribution in [0.2, 0.25) is 0 Å². The van der Waals surface area contributed by atoms with Gasteiger partial charge < -0.3 is 10.2 Å². The largest absolute Gasteiger partial charge is 0.345 e. The lowest BCUT2D eigenvalue weighted by atomic mass is 10.1. The molecule has 2 aromatic rings. The average Bonchev–Trinajstić information content (AvgIpc) is 2.69. The number of pyridine rings is 1. The number of nitrogens with one attached hydrogen (secondary N) is 3. The number of anilines is 1. The van der Waals surface area contributed by atoms with Crippen molar-refractivity contribution in [1.29, 1.82) is 0 Å². The number of aromatic nitrogens is 1. The molecule has 5 heteroatoms. The highest BCUT2D eigenvalue weighted by atomic mass is 16.2. The van der Waals surface area contributed by atoms with Gasteiger partial charge >= 0.3 is 0 Å². The lowest BCUT2D eigenvalue weighted by molar-refractivity contribution is -0.892. The number of nitrogens with zero attached hydrogens (tertiary/aromatic N) is 1. The van der Waals surface area contributed by atoms with Gasteiger partial charge in [-0.05, 0) is 30.5 Å². The summed E-state index contributed by atoms with van der Waals surface area (Å²) in [5.41, 5.74) is 2.49. The van der Waals surface area contributed by atoms with E-state index in [0.717, 1.165) is 44.0 Å². The number of H-pyrrole nitrogens is 1. The number of quaternary nitrogens is 1. The van der Waals surface area contributed by atoms with Gasteiger partial charge in [-0.1, -0.05) is 37.3 Å². The van der Waals surface area contributed by atoms with Crippen molar-refractivity contribution in [3.8, 4) is 0 Å². The topological polar surface area (TPSA) is 50.9 Å². The molecule has 0 saturated carbocycles. The molecule has 0 spiro atoms. The normalized spacial score (nSPS) is 16.3. The number of amides is 1. The van der Waals surface area contributed by atoms with E-state index in [4.69, 9.17) is 0 Å². The summed E-state index contributed by atoms with van der Waals surface area (Å²) in [5, 5.41) is 3.14. The van der Waals surface area contributed by atoms with E-state index in [1.165, 1.54) is 10.5 Å². The Balaban J connectivity index is 1.45. The zero-order chi connectivity index (χ0) is 18.4. The predicted molar refractivity (Wildman–Crippen MR) is 103 cm³/mol. The van der Waals surface area contributed by atoms with Crippen LogP contribution in [0.15, 0.2) is 48.7 Å². The van der Waals surface area contributed by atoms with Crippen LogP contribution in [0.3, 0.4) is 0 Å². The summed E-state index contributed by atoms with van der Waals surface area (Å²) >= 11 is 0. The second kappa shape index (κ2) is 8.81. The number of hydrogen-bond acceptors (Lipinski definition) is 2. The van der Waals surface area contributed by atoms with Crippen LogP contribution in [0.25, 0.3) is 0 Å². The van der Waals surface area contributed by atoms with Gasteiger partial charge in [-0.3, -0.25) is 9.69 Å². The minimum Gasteiger partial charge on any atom is -0.345 e. The number of aromatic amines is 1. The Kier molecular flexibility index (Phi) is 6.23.